The molecule has 9 heteroatoms. The fourth-order valence-electron chi connectivity index (χ4n) is 3.05. The maximum atomic E-state index is 11.9. The van der Waals surface area contributed by atoms with E-state index in [0.29, 0.717) is 23.7 Å². The molecular weight excluding hydrogens is 404 g/mol. The number of anilines is 1. The van der Waals surface area contributed by atoms with E-state index in [1.807, 2.05) is 30.3 Å². The Hall–Kier alpha value is -2.03. The van der Waals surface area contributed by atoms with Crippen molar-refractivity contribution < 1.29 is 8.42 Å². The van der Waals surface area contributed by atoms with Crippen molar-refractivity contribution in [3.63, 3.8) is 0 Å². The fraction of sp³-hybridized carbons (Fsp3) is 0.222. The van der Waals surface area contributed by atoms with E-state index in [2.05, 4.69) is 15.5 Å². The van der Waals surface area contributed by atoms with Gasteiger partial charge in [0.25, 0.3) is 0 Å². The summed E-state index contributed by atoms with van der Waals surface area (Å²) in [5.41, 5.74) is 7.51. The number of aliphatic imine (C=N–C) groups is 1. The van der Waals surface area contributed by atoms with Crippen LogP contribution in [0.5, 0.6) is 0 Å². The molecular formula is C18H17ClN4O2S2. The van der Waals surface area contributed by atoms with Crippen molar-refractivity contribution in [2.24, 2.45) is 10.1 Å². The Bertz CT molecular complexity index is 1050. The molecule has 2 aliphatic heterocycles. The molecule has 2 heterocycles. The molecule has 140 valence electrons. The Labute approximate surface area is 167 Å². The summed E-state index contributed by atoms with van der Waals surface area (Å²) in [5.74, 6) is 0.688. The first-order chi connectivity index (χ1) is 12.9. The minimum Gasteiger partial charge on any atom is -0.270 e. The second kappa shape index (κ2) is 7.18. The van der Waals surface area contributed by atoms with Crippen molar-refractivity contribution in [3.8, 4) is 0 Å². The number of hydrogen-bond acceptors (Lipinski definition) is 5. The predicted molar refractivity (Wildman–Crippen MR) is 113 cm³/mol. The molecule has 0 bridgehead atoms. The van der Waals surface area contributed by atoms with E-state index in [1.54, 1.807) is 23.9 Å². The van der Waals surface area contributed by atoms with E-state index < -0.39 is 10.0 Å². The zero-order valence-corrected chi connectivity index (χ0v) is 16.9. The topological polar surface area (TPSA) is 74.1 Å². The Morgan fingerprint density at radius 2 is 2.00 bits per heavy atom. The summed E-state index contributed by atoms with van der Waals surface area (Å²) < 4.78 is 25.2. The Morgan fingerprint density at radius 3 is 2.67 bits per heavy atom. The molecule has 2 aromatic rings. The molecule has 0 aliphatic carbocycles. The van der Waals surface area contributed by atoms with Crippen LogP contribution in [0.3, 0.4) is 0 Å². The summed E-state index contributed by atoms with van der Waals surface area (Å²) in [7, 11) is -3.23. The average Bonchev–Trinajstić information content (AvgIpc) is 3.08. The van der Waals surface area contributed by atoms with Gasteiger partial charge in [-0.3, -0.25) is 9.73 Å². The summed E-state index contributed by atoms with van der Waals surface area (Å²) in [6, 6.07) is 13.1. The van der Waals surface area contributed by atoms with Gasteiger partial charge in [0, 0.05) is 17.3 Å². The fourth-order valence-corrected chi connectivity index (χ4v) is 4.92. The lowest BCUT2D eigenvalue weighted by Crippen LogP contribution is -2.27. The molecule has 0 amide bonds. The van der Waals surface area contributed by atoms with Gasteiger partial charge in [-0.25, -0.2) is 13.4 Å². The maximum Gasteiger partial charge on any atom is 0.232 e. The van der Waals surface area contributed by atoms with Crippen LogP contribution in [0, 0.1) is 0 Å². The monoisotopic (exact) mass is 420 g/mol. The van der Waals surface area contributed by atoms with Crippen molar-refractivity contribution in [1.82, 2.24) is 5.43 Å². The molecule has 6 nitrogen and oxygen atoms in total. The zero-order chi connectivity index (χ0) is 19.0. The van der Waals surface area contributed by atoms with Crippen LogP contribution in [0.1, 0.15) is 11.1 Å². The Kier molecular flexibility index (Phi) is 4.88. The molecule has 0 saturated heterocycles. The standard InChI is InChI=1S/C18H17ClN4O2S2/c1-27(24,25)23-9-8-13-10-12(2-7-17(13)23)16-11-26-18(22-21-16)20-15-5-3-14(19)4-6-15/h2-7,10H,8-9,11H2,1H3,(H,20,22). The number of hydrogen-bond donors (Lipinski definition) is 1. The molecule has 0 radical (unpaired) electrons. The van der Waals surface area contributed by atoms with Crippen molar-refractivity contribution >= 4 is 55.6 Å². The number of thioether (sulfide) groups is 1. The van der Waals surface area contributed by atoms with E-state index in [4.69, 9.17) is 11.6 Å². The van der Waals surface area contributed by atoms with Crippen LogP contribution in [-0.2, 0) is 16.4 Å². The highest BCUT2D eigenvalue weighted by Gasteiger charge is 2.26. The highest BCUT2D eigenvalue weighted by molar-refractivity contribution is 8.14. The van der Waals surface area contributed by atoms with Crippen LogP contribution in [0.4, 0.5) is 11.4 Å². The SMILES string of the molecule is CS(=O)(=O)N1CCc2cc(C3=NNC(=Nc4ccc(Cl)cc4)SC3)ccc21. The van der Waals surface area contributed by atoms with Crippen molar-refractivity contribution in [2.45, 2.75) is 6.42 Å². The zero-order valence-electron chi connectivity index (χ0n) is 14.5. The van der Waals surface area contributed by atoms with Crippen LogP contribution < -0.4 is 9.73 Å². The van der Waals surface area contributed by atoms with Crippen LogP contribution in [0.2, 0.25) is 5.02 Å². The number of rotatable bonds is 3. The van der Waals surface area contributed by atoms with E-state index in [9.17, 15) is 8.42 Å². The first kappa shape index (κ1) is 18.3. The highest BCUT2D eigenvalue weighted by Crippen LogP contribution is 2.31. The van der Waals surface area contributed by atoms with E-state index >= 15 is 0 Å². The molecule has 4 rings (SSSR count). The number of amidine groups is 1. The molecule has 0 unspecified atom stereocenters. The van der Waals surface area contributed by atoms with E-state index in [-0.39, 0.29) is 0 Å². The van der Waals surface area contributed by atoms with E-state index in [1.165, 1.54) is 10.6 Å². The van der Waals surface area contributed by atoms with Gasteiger partial charge in [0.15, 0.2) is 5.17 Å². The third kappa shape index (κ3) is 3.97. The number of nitrogens with zero attached hydrogens (tertiary/aromatic N) is 3. The molecule has 0 fully saturated rings. The van der Waals surface area contributed by atoms with Gasteiger partial charge >= 0.3 is 0 Å². The minimum atomic E-state index is -3.23. The van der Waals surface area contributed by atoms with Crippen molar-refractivity contribution in [2.75, 3.05) is 22.9 Å². The lowest BCUT2D eigenvalue weighted by Gasteiger charge is -2.18. The predicted octanol–water partition coefficient (Wildman–Crippen LogP) is 3.39. The van der Waals surface area contributed by atoms with Crippen LogP contribution in [0.15, 0.2) is 52.6 Å². The third-order valence-electron chi connectivity index (χ3n) is 4.36. The minimum absolute atomic E-state index is 0.495. The number of halogens is 1. The smallest absolute Gasteiger partial charge is 0.232 e. The molecule has 0 aromatic heterocycles. The van der Waals surface area contributed by atoms with E-state index in [0.717, 1.165) is 33.4 Å². The third-order valence-corrected chi connectivity index (χ3v) is 6.66. The van der Waals surface area contributed by atoms with Gasteiger partial charge in [-0.15, -0.1) is 0 Å². The number of fused-ring (bicyclic) bond motifs is 1. The summed E-state index contributed by atoms with van der Waals surface area (Å²) in [5, 5.41) is 5.85. The number of nitrogens with one attached hydrogen (secondary N) is 1. The summed E-state index contributed by atoms with van der Waals surface area (Å²) in [6.07, 6.45) is 1.96. The lowest BCUT2D eigenvalue weighted by molar-refractivity contribution is 0.598. The molecule has 1 N–H and O–H groups in total. The molecule has 2 aliphatic rings. The molecule has 0 atom stereocenters. The van der Waals surface area contributed by atoms with Gasteiger partial charge in [0.1, 0.15) is 0 Å². The van der Waals surface area contributed by atoms with Crippen molar-refractivity contribution in [3.05, 3.63) is 58.6 Å². The van der Waals surface area contributed by atoms with Gasteiger partial charge in [0.05, 0.1) is 23.3 Å². The molecule has 2 aromatic carbocycles. The van der Waals surface area contributed by atoms with Gasteiger partial charge in [-0.1, -0.05) is 29.4 Å². The van der Waals surface area contributed by atoms with Crippen molar-refractivity contribution in [1.29, 1.82) is 0 Å². The summed E-state index contributed by atoms with van der Waals surface area (Å²) in [6.45, 7) is 0.495. The van der Waals surface area contributed by atoms with Crippen LogP contribution in [-0.4, -0.2) is 37.9 Å². The normalized spacial score (nSPS) is 18.2. The maximum absolute atomic E-state index is 11.9. The summed E-state index contributed by atoms with van der Waals surface area (Å²) >= 11 is 7.46. The molecule has 27 heavy (non-hydrogen) atoms. The molecule has 0 spiro atoms. The van der Waals surface area contributed by atoms with Gasteiger partial charge in [-0.05, 0) is 53.9 Å². The van der Waals surface area contributed by atoms with Gasteiger partial charge < -0.3 is 0 Å². The highest BCUT2D eigenvalue weighted by atomic mass is 35.5. The first-order valence-electron chi connectivity index (χ1n) is 8.31. The lowest BCUT2D eigenvalue weighted by atomic mass is 10.1. The average molecular weight is 421 g/mol. The van der Waals surface area contributed by atoms with Crippen LogP contribution >= 0.6 is 23.4 Å². The number of sulfonamides is 1. The largest absolute Gasteiger partial charge is 0.270 e. The van der Waals surface area contributed by atoms with Crippen LogP contribution in [0.25, 0.3) is 0 Å². The van der Waals surface area contributed by atoms with Gasteiger partial charge in [-0.2, -0.15) is 5.10 Å². The quantitative estimate of drug-likeness (QED) is 0.825. The second-order valence-corrected chi connectivity index (χ2v) is 9.59. The first-order valence-corrected chi connectivity index (χ1v) is 11.5. The number of hydrazone groups is 1. The molecule has 0 saturated carbocycles. The Morgan fingerprint density at radius 1 is 1.22 bits per heavy atom. The second-order valence-electron chi connectivity index (χ2n) is 6.28. The number of benzene rings is 2. The van der Waals surface area contributed by atoms with Gasteiger partial charge in [0.2, 0.25) is 10.0 Å². The Balaban J connectivity index is 1.53. The summed E-state index contributed by atoms with van der Waals surface area (Å²) in [4.78, 5) is 4.51.